The van der Waals surface area contributed by atoms with Crippen LogP contribution in [0.2, 0.25) is 0 Å². The molecule has 1 fully saturated rings. The van der Waals surface area contributed by atoms with Gasteiger partial charge in [0.05, 0.1) is 4.21 Å². The maximum Gasteiger partial charge on any atom is 0.135 e. The van der Waals surface area contributed by atoms with Gasteiger partial charge in [0.15, 0.2) is 0 Å². The van der Waals surface area contributed by atoms with Gasteiger partial charge < -0.3 is 9.88 Å². The van der Waals surface area contributed by atoms with Crippen LogP contribution in [0.4, 0.5) is 0 Å². The summed E-state index contributed by atoms with van der Waals surface area (Å²) in [4.78, 5) is 0. The first kappa shape index (κ1) is 13.8. The minimum absolute atomic E-state index is 0.503. The van der Waals surface area contributed by atoms with Crippen LogP contribution in [-0.4, -0.2) is 26.6 Å². The molecule has 4 rings (SSSR count). The summed E-state index contributed by atoms with van der Waals surface area (Å²) in [5, 5.41) is 15.0. The van der Waals surface area contributed by atoms with Gasteiger partial charge in [0.25, 0.3) is 0 Å². The molecule has 0 radical (unpaired) electrons. The van der Waals surface area contributed by atoms with Crippen LogP contribution < -0.4 is 5.32 Å². The van der Waals surface area contributed by atoms with Crippen molar-refractivity contribution in [1.82, 2.24) is 20.1 Å². The van der Waals surface area contributed by atoms with Gasteiger partial charge in [-0.15, -0.1) is 33.3 Å². The van der Waals surface area contributed by atoms with Gasteiger partial charge in [0.2, 0.25) is 0 Å². The van der Waals surface area contributed by atoms with Gasteiger partial charge in [-0.1, -0.05) is 6.92 Å². The van der Waals surface area contributed by atoms with Crippen LogP contribution in [0.5, 0.6) is 0 Å². The molecular weight excluding hydrogens is 300 g/mol. The zero-order chi connectivity index (χ0) is 14.2. The third-order valence-electron chi connectivity index (χ3n) is 4.24. The van der Waals surface area contributed by atoms with Crippen LogP contribution in [0.1, 0.15) is 49.5 Å². The lowest BCUT2D eigenvalue weighted by Crippen LogP contribution is -2.29. The Morgan fingerprint density at radius 1 is 1.43 bits per heavy atom. The molecule has 2 aliphatic rings. The fraction of sp³-hybridized carbons (Fsp3) is 0.600. The summed E-state index contributed by atoms with van der Waals surface area (Å²) in [6.45, 7) is 4.28. The molecule has 2 atom stereocenters. The molecule has 1 saturated carbocycles. The van der Waals surface area contributed by atoms with Crippen molar-refractivity contribution >= 4 is 23.1 Å². The van der Waals surface area contributed by atoms with Crippen LogP contribution in [0, 0.1) is 0 Å². The lowest BCUT2D eigenvalue weighted by atomic mass is 10.1. The van der Waals surface area contributed by atoms with Crippen LogP contribution >= 0.6 is 23.1 Å². The largest absolute Gasteiger partial charge is 0.316 e. The van der Waals surface area contributed by atoms with E-state index in [1.54, 1.807) is 0 Å². The molecule has 0 aromatic carbocycles. The Hall–Kier alpha value is -0.850. The van der Waals surface area contributed by atoms with Gasteiger partial charge >= 0.3 is 0 Å². The highest BCUT2D eigenvalue weighted by atomic mass is 32.2. The Balaban J connectivity index is 1.38. The number of nitrogens with zero attached hydrogens (tertiary/aromatic N) is 3. The van der Waals surface area contributed by atoms with Gasteiger partial charge in [-0.25, -0.2) is 0 Å². The minimum atomic E-state index is 0.503. The van der Waals surface area contributed by atoms with Gasteiger partial charge in [0, 0.05) is 30.3 Å². The number of rotatable bonds is 5. The summed E-state index contributed by atoms with van der Waals surface area (Å²) >= 11 is 3.90. The second kappa shape index (κ2) is 5.74. The molecule has 2 aromatic heterocycles. The normalized spacial score (nSPS) is 25.0. The van der Waals surface area contributed by atoms with Crippen molar-refractivity contribution < 1.29 is 0 Å². The van der Waals surface area contributed by atoms with Crippen molar-refractivity contribution in [3.8, 4) is 0 Å². The fourth-order valence-corrected chi connectivity index (χ4v) is 5.56. The smallest absolute Gasteiger partial charge is 0.135 e. The minimum Gasteiger partial charge on any atom is -0.316 e. The van der Waals surface area contributed by atoms with Crippen LogP contribution in [0.25, 0.3) is 0 Å². The van der Waals surface area contributed by atoms with Crippen LogP contribution in [0.15, 0.2) is 22.0 Å². The molecule has 1 aliphatic carbocycles. The van der Waals surface area contributed by atoms with Gasteiger partial charge in [0.1, 0.15) is 12.2 Å². The van der Waals surface area contributed by atoms with Crippen molar-refractivity contribution in [2.45, 2.75) is 54.1 Å². The average Bonchev–Trinajstić information content (AvgIpc) is 3.01. The van der Waals surface area contributed by atoms with E-state index >= 15 is 0 Å². The van der Waals surface area contributed by atoms with Crippen LogP contribution in [0.3, 0.4) is 0 Å². The first-order chi connectivity index (χ1) is 10.3. The lowest BCUT2D eigenvalue weighted by Gasteiger charge is -2.27. The predicted molar refractivity (Wildman–Crippen MR) is 87.0 cm³/mol. The molecule has 6 heteroatoms. The third-order valence-corrected chi connectivity index (χ3v) is 6.58. The zero-order valence-electron chi connectivity index (χ0n) is 12.2. The number of thiophene rings is 1. The predicted octanol–water partition coefficient (Wildman–Crippen LogP) is 3.43. The summed E-state index contributed by atoms with van der Waals surface area (Å²) in [5.41, 5.74) is 1.49. The number of thioether (sulfide) groups is 1. The number of fused-ring (bicyclic) bond motifs is 1. The van der Waals surface area contributed by atoms with E-state index in [9.17, 15) is 0 Å². The van der Waals surface area contributed by atoms with Crippen molar-refractivity contribution in [3.05, 3.63) is 29.2 Å². The van der Waals surface area contributed by atoms with Crippen molar-refractivity contribution in [2.75, 3.05) is 6.54 Å². The SMILES string of the molecule is C[C@H]1C[C@@H](NCCn2cnnc2C2CC2)c2ccsc2S1. The Bertz CT molecular complexity index is 617. The summed E-state index contributed by atoms with van der Waals surface area (Å²) in [6, 6.07) is 2.79. The molecule has 0 bridgehead atoms. The van der Waals surface area contributed by atoms with E-state index in [0.29, 0.717) is 17.2 Å². The highest BCUT2D eigenvalue weighted by Crippen LogP contribution is 2.43. The lowest BCUT2D eigenvalue weighted by molar-refractivity contribution is 0.465. The molecule has 0 amide bonds. The summed E-state index contributed by atoms with van der Waals surface area (Å²) in [7, 11) is 0. The quantitative estimate of drug-likeness (QED) is 0.916. The van der Waals surface area contributed by atoms with Crippen molar-refractivity contribution in [2.24, 2.45) is 0 Å². The van der Waals surface area contributed by atoms with E-state index < -0.39 is 0 Å². The third kappa shape index (κ3) is 2.89. The molecule has 0 saturated heterocycles. The molecule has 0 spiro atoms. The number of aromatic nitrogens is 3. The number of hydrogen-bond acceptors (Lipinski definition) is 5. The van der Waals surface area contributed by atoms with E-state index in [2.05, 4.69) is 38.5 Å². The highest BCUT2D eigenvalue weighted by Gasteiger charge is 2.29. The molecule has 21 heavy (non-hydrogen) atoms. The Morgan fingerprint density at radius 3 is 3.19 bits per heavy atom. The van der Waals surface area contributed by atoms with E-state index in [1.165, 1.54) is 34.9 Å². The Morgan fingerprint density at radius 2 is 2.33 bits per heavy atom. The van der Waals surface area contributed by atoms with E-state index in [1.807, 2.05) is 29.4 Å². The molecule has 1 N–H and O–H groups in total. The monoisotopic (exact) mass is 320 g/mol. The number of nitrogens with one attached hydrogen (secondary N) is 1. The second-order valence-corrected chi connectivity index (χ2v) is 8.61. The molecule has 1 aliphatic heterocycles. The van der Waals surface area contributed by atoms with Crippen LogP contribution in [-0.2, 0) is 6.54 Å². The maximum atomic E-state index is 4.27. The molecule has 112 valence electrons. The number of hydrogen-bond donors (Lipinski definition) is 1. The van der Waals surface area contributed by atoms with Gasteiger partial charge in [-0.2, -0.15) is 0 Å². The Labute approximate surface area is 133 Å². The summed E-state index contributed by atoms with van der Waals surface area (Å²) < 4.78 is 3.72. The van der Waals surface area contributed by atoms with E-state index in [-0.39, 0.29) is 0 Å². The van der Waals surface area contributed by atoms with Gasteiger partial charge in [-0.3, -0.25) is 0 Å². The second-order valence-electron chi connectivity index (χ2n) is 5.99. The maximum absolute atomic E-state index is 4.27. The molecule has 0 unspecified atom stereocenters. The summed E-state index contributed by atoms with van der Waals surface area (Å²) in [6.07, 6.45) is 5.65. The average molecular weight is 320 g/mol. The molecule has 2 aromatic rings. The topological polar surface area (TPSA) is 42.7 Å². The standard InChI is InChI=1S/C15H20N4S2/c1-10-8-13(12-4-7-20-15(12)21-10)16-5-6-19-9-17-18-14(19)11-2-3-11/h4,7,9-11,13,16H,2-3,5-6,8H2,1H3/t10-,13+/m0/s1. The van der Waals surface area contributed by atoms with Gasteiger partial charge in [-0.05, 0) is 36.3 Å². The summed E-state index contributed by atoms with van der Waals surface area (Å²) in [5.74, 6) is 1.85. The van der Waals surface area contributed by atoms with E-state index in [4.69, 9.17) is 0 Å². The molecule has 4 nitrogen and oxygen atoms in total. The first-order valence-electron chi connectivity index (χ1n) is 7.66. The Kier molecular flexibility index (Phi) is 3.77. The first-order valence-corrected chi connectivity index (χ1v) is 9.42. The highest BCUT2D eigenvalue weighted by molar-refractivity contribution is 8.01. The molecular formula is C15H20N4S2. The van der Waals surface area contributed by atoms with E-state index in [0.717, 1.165) is 13.1 Å². The molecule has 3 heterocycles. The van der Waals surface area contributed by atoms with Crippen molar-refractivity contribution in [1.29, 1.82) is 0 Å². The van der Waals surface area contributed by atoms with Crippen molar-refractivity contribution in [3.63, 3.8) is 0 Å². The zero-order valence-corrected chi connectivity index (χ0v) is 13.8. The fourth-order valence-electron chi connectivity index (χ4n) is 3.00.